The van der Waals surface area contributed by atoms with E-state index in [1.54, 1.807) is 41.9 Å². The number of hydrogen-bond donors (Lipinski definition) is 1. The van der Waals surface area contributed by atoms with Crippen molar-refractivity contribution in [3.63, 3.8) is 0 Å². The number of hydrogen-bond acceptors (Lipinski definition) is 6. The van der Waals surface area contributed by atoms with Gasteiger partial charge in [0.2, 0.25) is 5.91 Å². The average molecular weight is 448 g/mol. The molecule has 0 aliphatic rings. The molecule has 1 N–H and O–H groups in total. The van der Waals surface area contributed by atoms with Gasteiger partial charge in [0, 0.05) is 21.5 Å². The molecule has 2 aromatic carbocycles. The number of ketones is 1. The van der Waals surface area contributed by atoms with Crippen molar-refractivity contribution in [1.29, 1.82) is 0 Å². The van der Waals surface area contributed by atoms with Crippen molar-refractivity contribution < 1.29 is 9.59 Å². The fourth-order valence-corrected chi connectivity index (χ4v) is 5.23. The molecule has 0 radical (unpaired) electrons. The maximum atomic E-state index is 12.9. The van der Waals surface area contributed by atoms with Crippen molar-refractivity contribution in [3.8, 4) is 10.4 Å². The molecule has 4 rings (SSSR count). The summed E-state index contributed by atoms with van der Waals surface area (Å²) in [6.45, 7) is 3.49. The van der Waals surface area contributed by atoms with E-state index in [4.69, 9.17) is 0 Å². The molecule has 2 aromatic heterocycles. The summed E-state index contributed by atoms with van der Waals surface area (Å²) in [4.78, 5) is 35.5. The summed E-state index contributed by atoms with van der Waals surface area (Å²) in [5.41, 5.74) is 2.32. The van der Waals surface area contributed by atoms with Gasteiger partial charge in [-0.25, -0.2) is 9.97 Å². The number of nitrogens with zero attached hydrogens (tertiary/aromatic N) is 2. The van der Waals surface area contributed by atoms with Gasteiger partial charge < -0.3 is 5.32 Å². The van der Waals surface area contributed by atoms with Gasteiger partial charge in [0.1, 0.15) is 16.2 Å². The van der Waals surface area contributed by atoms with E-state index in [2.05, 4.69) is 33.5 Å². The van der Waals surface area contributed by atoms with Gasteiger partial charge in [-0.2, -0.15) is 0 Å². The first-order valence-corrected chi connectivity index (χ1v) is 11.6. The van der Waals surface area contributed by atoms with Crippen LogP contribution in [0.3, 0.4) is 0 Å². The number of amides is 1. The Morgan fingerprint density at radius 2 is 1.87 bits per heavy atom. The Morgan fingerprint density at radius 1 is 1.06 bits per heavy atom. The largest absolute Gasteiger partial charge is 0.325 e. The lowest BCUT2D eigenvalue weighted by molar-refractivity contribution is -0.115. The van der Waals surface area contributed by atoms with Gasteiger partial charge >= 0.3 is 0 Å². The molecule has 5 nitrogen and oxygen atoms in total. The molecule has 7 heteroatoms. The number of thioether (sulfide) groups is 1. The van der Waals surface area contributed by atoms with Crippen LogP contribution in [0.4, 0.5) is 5.69 Å². The van der Waals surface area contributed by atoms with Crippen LogP contribution in [-0.4, -0.2) is 26.9 Å². The van der Waals surface area contributed by atoms with Crippen LogP contribution in [0, 0.1) is 0 Å². The van der Waals surface area contributed by atoms with E-state index in [1.165, 1.54) is 18.7 Å². The molecule has 0 saturated carbocycles. The standard InChI is InChI=1S/C24H21N3O2S2/c1-3-20(22(29)27-18-11-7-10-17(12-18)15(2)28)30-23-19-13-21(16-8-5-4-6-9-16)31-24(19)26-14-25-23/h4-14,20H,3H2,1-2H3,(H,27,29). The maximum Gasteiger partial charge on any atom is 0.237 e. The smallest absolute Gasteiger partial charge is 0.237 e. The highest BCUT2D eigenvalue weighted by atomic mass is 32.2. The van der Waals surface area contributed by atoms with E-state index in [9.17, 15) is 9.59 Å². The number of thiophene rings is 1. The topological polar surface area (TPSA) is 72.0 Å². The fourth-order valence-electron chi connectivity index (χ4n) is 3.17. The highest BCUT2D eigenvalue weighted by Gasteiger charge is 2.21. The molecule has 0 aliphatic heterocycles. The zero-order valence-electron chi connectivity index (χ0n) is 17.2. The summed E-state index contributed by atoms with van der Waals surface area (Å²) in [7, 11) is 0. The van der Waals surface area contributed by atoms with E-state index in [1.807, 2.05) is 25.1 Å². The first kappa shape index (κ1) is 21.2. The van der Waals surface area contributed by atoms with Crippen LogP contribution in [0.15, 0.2) is 72.0 Å². The van der Waals surface area contributed by atoms with Crippen LogP contribution in [-0.2, 0) is 4.79 Å². The first-order valence-electron chi connectivity index (χ1n) is 9.93. The summed E-state index contributed by atoms with van der Waals surface area (Å²) >= 11 is 3.06. The normalized spacial score (nSPS) is 11.9. The van der Waals surface area contributed by atoms with E-state index < -0.39 is 0 Å². The molecule has 4 aromatic rings. The van der Waals surface area contributed by atoms with Gasteiger partial charge in [0.25, 0.3) is 0 Å². The highest BCUT2D eigenvalue weighted by molar-refractivity contribution is 8.00. The second-order valence-electron chi connectivity index (χ2n) is 7.02. The Labute approximate surface area is 188 Å². The van der Waals surface area contributed by atoms with Crippen LogP contribution in [0.5, 0.6) is 0 Å². The molecule has 1 amide bonds. The average Bonchev–Trinajstić information content (AvgIpc) is 3.23. The third-order valence-corrected chi connectivity index (χ3v) is 7.28. The van der Waals surface area contributed by atoms with E-state index in [0.29, 0.717) is 17.7 Å². The number of carbonyl (C=O) groups excluding carboxylic acids is 2. The third-order valence-electron chi connectivity index (χ3n) is 4.80. The van der Waals surface area contributed by atoms with Gasteiger partial charge in [-0.1, -0.05) is 61.2 Å². The predicted molar refractivity (Wildman–Crippen MR) is 128 cm³/mol. The minimum atomic E-state index is -0.320. The summed E-state index contributed by atoms with van der Waals surface area (Å²) in [5, 5.41) is 4.37. The van der Waals surface area contributed by atoms with E-state index in [-0.39, 0.29) is 16.9 Å². The minimum Gasteiger partial charge on any atom is -0.325 e. The number of aromatic nitrogens is 2. The van der Waals surface area contributed by atoms with Crippen molar-refractivity contribution in [3.05, 3.63) is 72.6 Å². The Bertz CT molecular complexity index is 1240. The Kier molecular flexibility index (Phi) is 6.44. The molecule has 0 fully saturated rings. The minimum absolute atomic E-state index is 0.0347. The molecule has 2 heterocycles. The molecule has 0 aliphatic carbocycles. The van der Waals surface area contributed by atoms with Crippen molar-refractivity contribution in [2.45, 2.75) is 30.5 Å². The van der Waals surface area contributed by atoms with Gasteiger partial charge in [-0.15, -0.1) is 11.3 Å². The third kappa shape index (κ3) is 4.84. The number of benzene rings is 2. The Hall–Kier alpha value is -3.03. The molecule has 1 atom stereocenters. The van der Waals surface area contributed by atoms with Crippen LogP contribution in [0.2, 0.25) is 0 Å². The van der Waals surface area contributed by atoms with Gasteiger partial charge in [0.15, 0.2) is 5.78 Å². The summed E-state index contributed by atoms with van der Waals surface area (Å²) < 4.78 is 0. The molecule has 0 spiro atoms. The molecule has 156 valence electrons. The molecule has 0 bridgehead atoms. The lowest BCUT2D eigenvalue weighted by Crippen LogP contribution is -2.24. The van der Waals surface area contributed by atoms with E-state index >= 15 is 0 Å². The molecular weight excluding hydrogens is 426 g/mol. The van der Waals surface area contributed by atoms with Gasteiger partial charge in [-0.05, 0) is 37.1 Å². The maximum absolute atomic E-state index is 12.9. The van der Waals surface area contributed by atoms with Crippen molar-refractivity contribution in [1.82, 2.24) is 9.97 Å². The molecular formula is C24H21N3O2S2. The number of Topliss-reactive ketones (excluding diaryl/α,β-unsaturated/α-hetero) is 1. The van der Waals surface area contributed by atoms with E-state index in [0.717, 1.165) is 25.7 Å². The number of fused-ring (bicyclic) bond motifs is 1. The highest BCUT2D eigenvalue weighted by Crippen LogP contribution is 2.37. The number of nitrogens with one attached hydrogen (secondary N) is 1. The zero-order valence-corrected chi connectivity index (χ0v) is 18.8. The summed E-state index contributed by atoms with van der Waals surface area (Å²) in [6.07, 6.45) is 2.20. The van der Waals surface area contributed by atoms with Crippen LogP contribution in [0.1, 0.15) is 30.6 Å². The Balaban J connectivity index is 1.57. The van der Waals surface area contributed by atoms with Crippen molar-refractivity contribution in [2.75, 3.05) is 5.32 Å². The van der Waals surface area contributed by atoms with Gasteiger partial charge in [0.05, 0.1) is 5.25 Å². The fraction of sp³-hybridized carbons (Fsp3) is 0.167. The summed E-state index contributed by atoms with van der Waals surface area (Å²) in [5.74, 6) is -0.147. The van der Waals surface area contributed by atoms with Crippen LogP contribution < -0.4 is 5.32 Å². The Morgan fingerprint density at radius 3 is 2.61 bits per heavy atom. The number of carbonyl (C=O) groups is 2. The van der Waals surface area contributed by atoms with Gasteiger partial charge in [-0.3, -0.25) is 9.59 Å². The second-order valence-corrected chi connectivity index (χ2v) is 9.24. The first-order chi connectivity index (χ1) is 15.0. The lowest BCUT2D eigenvalue weighted by Gasteiger charge is -2.15. The summed E-state index contributed by atoms with van der Waals surface area (Å²) in [6, 6.07) is 19.3. The second kappa shape index (κ2) is 9.41. The molecule has 31 heavy (non-hydrogen) atoms. The number of anilines is 1. The zero-order chi connectivity index (χ0) is 21.8. The molecule has 1 unspecified atom stereocenters. The SMILES string of the molecule is CCC(Sc1ncnc2sc(-c3ccccc3)cc12)C(=O)Nc1cccc(C(C)=O)c1. The lowest BCUT2D eigenvalue weighted by atomic mass is 10.1. The number of rotatable bonds is 7. The predicted octanol–water partition coefficient (Wildman–Crippen LogP) is 6.07. The monoisotopic (exact) mass is 447 g/mol. The van der Waals surface area contributed by atoms with Crippen LogP contribution >= 0.6 is 23.1 Å². The van der Waals surface area contributed by atoms with Crippen LogP contribution in [0.25, 0.3) is 20.7 Å². The molecule has 0 saturated heterocycles. The van der Waals surface area contributed by atoms with Crippen molar-refractivity contribution >= 4 is 50.7 Å². The van der Waals surface area contributed by atoms with Crippen molar-refractivity contribution in [2.24, 2.45) is 0 Å². The quantitative estimate of drug-likeness (QED) is 0.211.